The van der Waals surface area contributed by atoms with Gasteiger partial charge in [0.1, 0.15) is 0 Å². The molecule has 0 bridgehead atoms. The van der Waals surface area contributed by atoms with Crippen molar-refractivity contribution in [2.24, 2.45) is 17.1 Å². The maximum Gasteiger partial charge on any atom is 0.261 e. The third-order valence-electron chi connectivity index (χ3n) is 3.19. The summed E-state index contributed by atoms with van der Waals surface area (Å²) in [4.78, 5) is 13.6. The molecule has 3 nitrogen and oxygen atoms in total. The van der Waals surface area contributed by atoms with Gasteiger partial charge in [-0.05, 0) is 23.5 Å². The van der Waals surface area contributed by atoms with Gasteiger partial charge >= 0.3 is 0 Å². The summed E-state index contributed by atoms with van der Waals surface area (Å²) in [7, 11) is 0. The molecular weight excluding hydrogens is 256 g/mol. The van der Waals surface area contributed by atoms with Crippen molar-refractivity contribution in [2.75, 3.05) is 13.1 Å². The molecule has 1 unspecified atom stereocenters. The maximum atomic E-state index is 12.0. The van der Waals surface area contributed by atoms with Crippen LogP contribution in [0.2, 0.25) is 0 Å². The molecule has 1 atom stereocenters. The molecule has 4 heteroatoms. The first-order chi connectivity index (χ1) is 8.84. The molecule has 0 aliphatic heterocycles. The van der Waals surface area contributed by atoms with Gasteiger partial charge < -0.3 is 11.1 Å². The van der Waals surface area contributed by atoms with Crippen molar-refractivity contribution >= 4 is 17.2 Å². The fourth-order valence-corrected chi connectivity index (χ4v) is 2.10. The van der Waals surface area contributed by atoms with E-state index in [0.29, 0.717) is 23.9 Å². The zero-order valence-electron chi connectivity index (χ0n) is 12.0. The molecular formula is C15H22N2OS. The molecule has 3 N–H and O–H groups in total. The number of amides is 1. The molecule has 1 aromatic heterocycles. The zero-order chi connectivity index (χ0) is 14.5. The van der Waals surface area contributed by atoms with Gasteiger partial charge in [0.15, 0.2) is 0 Å². The smallest absolute Gasteiger partial charge is 0.261 e. The van der Waals surface area contributed by atoms with Crippen molar-refractivity contribution in [3.05, 3.63) is 21.9 Å². The van der Waals surface area contributed by atoms with Crippen molar-refractivity contribution in [3.63, 3.8) is 0 Å². The van der Waals surface area contributed by atoms with Gasteiger partial charge in [0.25, 0.3) is 5.91 Å². The number of nitrogens with two attached hydrogens (primary N) is 1. The number of hydrogen-bond donors (Lipinski definition) is 2. The van der Waals surface area contributed by atoms with Crippen LogP contribution in [0.15, 0.2) is 12.1 Å². The molecule has 0 aliphatic carbocycles. The topological polar surface area (TPSA) is 55.1 Å². The molecule has 1 aromatic rings. The largest absolute Gasteiger partial charge is 0.351 e. The Balaban J connectivity index is 2.57. The lowest BCUT2D eigenvalue weighted by Crippen LogP contribution is -2.33. The van der Waals surface area contributed by atoms with E-state index >= 15 is 0 Å². The Labute approximate surface area is 119 Å². The minimum Gasteiger partial charge on any atom is -0.351 e. The first-order valence-corrected chi connectivity index (χ1v) is 7.23. The Bertz CT molecular complexity index is 488. The van der Waals surface area contributed by atoms with Crippen LogP contribution in [0.1, 0.15) is 42.2 Å². The predicted molar refractivity (Wildman–Crippen MR) is 81.2 cm³/mol. The van der Waals surface area contributed by atoms with Crippen LogP contribution in [-0.2, 0) is 0 Å². The fourth-order valence-electron chi connectivity index (χ4n) is 1.30. The Morgan fingerprint density at radius 2 is 2.16 bits per heavy atom. The van der Waals surface area contributed by atoms with Crippen LogP contribution in [-0.4, -0.2) is 19.0 Å². The molecule has 1 rings (SSSR count). The molecule has 104 valence electrons. The van der Waals surface area contributed by atoms with Crippen LogP contribution in [0, 0.1) is 23.2 Å². The average Bonchev–Trinajstić information content (AvgIpc) is 2.80. The van der Waals surface area contributed by atoms with E-state index in [0.717, 1.165) is 4.88 Å². The number of carbonyl (C=O) groups excluding carboxylic acids is 1. The van der Waals surface area contributed by atoms with E-state index in [1.807, 2.05) is 12.1 Å². The van der Waals surface area contributed by atoms with Gasteiger partial charge in [0.05, 0.1) is 16.3 Å². The summed E-state index contributed by atoms with van der Waals surface area (Å²) >= 11 is 1.40. The first kappa shape index (κ1) is 15.7. The van der Waals surface area contributed by atoms with Gasteiger partial charge in [0, 0.05) is 6.54 Å². The average molecular weight is 278 g/mol. The summed E-state index contributed by atoms with van der Waals surface area (Å²) in [5.41, 5.74) is 5.51. The van der Waals surface area contributed by atoms with Gasteiger partial charge in [-0.25, -0.2) is 0 Å². The molecule has 0 saturated heterocycles. The number of nitrogens with one attached hydrogen (secondary N) is 1. The summed E-state index contributed by atoms with van der Waals surface area (Å²) in [6.07, 6.45) is 0. The van der Waals surface area contributed by atoms with Gasteiger partial charge in [0.2, 0.25) is 0 Å². The molecule has 1 amide bonds. The summed E-state index contributed by atoms with van der Waals surface area (Å²) in [5, 5.41) is 2.97. The summed E-state index contributed by atoms with van der Waals surface area (Å²) < 4.78 is 0. The highest BCUT2D eigenvalue weighted by Gasteiger charge is 2.20. The van der Waals surface area contributed by atoms with Crippen LogP contribution >= 0.6 is 11.3 Å². The summed E-state index contributed by atoms with van der Waals surface area (Å²) in [6.45, 7) is 9.69. The minimum absolute atomic E-state index is 0.0260. The SMILES string of the molecule is CC(CNC(=O)c1ccc(C#CCN)s1)C(C)(C)C. The van der Waals surface area contributed by atoms with Crippen LogP contribution in [0.5, 0.6) is 0 Å². The predicted octanol–water partition coefficient (Wildman–Crippen LogP) is 2.47. The molecule has 0 aromatic carbocycles. The van der Waals surface area contributed by atoms with Gasteiger partial charge in [-0.3, -0.25) is 4.79 Å². The second-order valence-electron chi connectivity index (χ2n) is 5.65. The van der Waals surface area contributed by atoms with E-state index < -0.39 is 0 Å². The van der Waals surface area contributed by atoms with Crippen molar-refractivity contribution in [1.82, 2.24) is 5.32 Å². The number of rotatable bonds is 3. The van der Waals surface area contributed by atoms with E-state index in [1.165, 1.54) is 11.3 Å². The molecule has 0 saturated carbocycles. The van der Waals surface area contributed by atoms with Gasteiger partial charge in [-0.15, -0.1) is 11.3 Å². The Morgan fingerprint density at radius 3 is 2.74 bits per heavy atom. The highest BCUT2D eigenvalue weighted by Crippen LogP contribution is 2.24. The number of carbonyl (C=O) groups is 1. The molecule has 0 aliphatic rings. The van der Waals surface area contributed by atoms with E-state index in [4.69, 9.17) is 5.73 Å². The molecule has 0 spiro atoms. The second-order valence-corrected chi connectivity index (χ2v) is 6.73. The summed E-state index contributed by atoms with van der Waals surface area (Å²) in [5.74, 6) is 6.11. The normalized spacial score (nSPS) is 12.5. The van der Waals surface area contributed by atoms with E-state index in [1.54, 1.807) is 0 Å². The summed E-state index contributed by atoms with van der Waals surface area (Å²) in [6, 6.07) is 3.66. The molecule has 0 radical (unpaired) electrons. The Kier molecular flexibility index (Phi) is 5.59. The number of thiophene rings is 1. The quantitative estimate of drug-likeness (QED) is 0.835. The lowest BCUT2D eigenvalue weighted by Gasteiger charge is -2.27. The van der Waals surface area contributed by atoms with E-state index in [9.17, 15) is 4.79 Å². The molecule has 1 heterocycles. The Morgan fingerprint density at radius 1 is 1.47 bits per heavy atom. The lowest BCUT2D eigenvalue weighted by atomic mass is 9.82. The first-order valence-electron chi connectivity index (χ1n) is 6.41. The van der Waals surface area contributed by atoms with Crippen LogP contribution in [0.4, 0.5) is 0 Å². The van der Waals surface area contributed by atoms with Crippen molar-refractivity contribution in [2.45, 2.75) is 27.7 Å². The molecule has 19 heavy (non-hydrogen) atoms. The van der Waals surface area contributed by atoms with Crippen molar-refractivity contribution in [1.29, 1.82) is 0 Å². The highest BCUT2D eigenvalue weighted by molar-refractivity contribution is 7.14. The van der Waals surface area contributed by atoms with Gasteiger partial charge in [-0.1, -0.05) is 39.5 Å². The van der Waals surface area contributed by atoms with Crippen molar-refractivity contribution < 1.29 is 4.79 Å². The minimum atomic E-state index is -0.0260. The zero-order valence-corrected chi connectivity index (χ0v) is 12.9. The lowest BCUT2D eigenvalue weighted by molar-refractivity contribution is 0.0941. The van der Waals surface area contributed by atoms with Crippen LogP contribution in [0.25, 0.3) is 0 Å². The Hall–Kier alpha value is -1.31. The third kappa shape index (κ3) is 5.06. The molecule has 0 fully saturated rings. The standard InChI is InChI=1S/C15H22N2OS/c1-11(15(2,3)4)10-17-14(18)13-8-7-12(19-13)6-5-9-16/h7-8,11H,9-10,16H2,1-4H3,(H,17,18). The highest BCUT2D eigenvalue weighted by atomic mass is 32.1. The number of hydrogen-bond acceptors (Lipinski definition) is 3. The second kappa shape index (κ2) is 6.74. The van der Waals surface area contributed by atoms with Crippen LogP contribution < -0.4 is 11.1 Å². The third-order valence-corrected chi connectivity index (χ3v) is 4.19. The fraction of sp³-hybridized carbons (Fsp3) is 0.533. The monoisotopic (exact) mass is 278 g/mol. The van der Waals surface area contributed by atoms with E-state index in [2.05, 4.69) is 44.9 Å². The maximum absolute atomic E-state index is 12.0. The van der Waals surface area contributed by atoms with Crippen molar-refractivity contribution in [3.8, 4) is 11.8 Å². The van der Waals surface area contributed by atoms with Gasteiger partial charge in [-0.2, -0.15) is 0 Å². The van der Waals surface area contributed by atoms with E-state index in [-0.39, 0.29) is 11.3 Å². The van der Waals surface area contributed by atoms with Crippen LogP contribution in [0.3, 0.4) is 0 Å².